The third-order valence-corrected chi connectivity index (χ3v) is 3.12. The molecule has 2 aliphatic heterocycles. The standard InChI is InChI=1S/C8H15B.Li.H/c1-3-8-4-2-6-9(5-1)7-8;;/h8H,1-7H2;;/q;+1;-1. The molecule has 0 aliphatic carbocycles. The zero-order chi connectivity index (χ0) is 6.10. The van der Waals surface area contributed by atoms with Gasteiger partial charge in [0.1, 0.15) is 6.71 Å². The van der Waals surface area contributed by atoms with Crippen LogP contribution in [0.15, 0.2) is 0 Å². The molecule has 0 aromatic heterocycles. The van der Waals surface area contributed by atoms with Gasteiger partial charge < -0.3 is 1.43 Å². The molecular weight excluding hydrogens is 114 g/mol. The second-order valence-corrected chi connectivity index (χ2v) is 3.83. The summed E-state index contributed by atoms with van der Waals surface area (Å²) in [5, 5.41) is 0. The van der Waals surface area contributed by atoms with Crippen LogP contribution in [-0.2, 0) is 0 Å². The third kappa shape index (κ3) is 1.83. The Bertz CT molecular complexity index is 90.3. The first-order valence-electron chi connectivity index (χ1n) is 4.45. The van der Waals surface area contributed by atoms with E-state index in [0.29, 0.717) is 0 Å². The van der Waals surface area contributed by atoms with Crippen LogP contribution in [-0.4, -0.2) is 6.71 Å². The summed E-state index contributed by atoms with van der Waals surface area (Å²) >= 11 is 0. The molecule has 0 nitrogen and oxygen atoms in total. The fourth-order valence-corrected chi connectivity index (χ4v) is 2.62. The smallest absolute Gasteiger partial charge is 1.00 e. The van der Waals surface area contributed by atoms with E-state index in [1.165, 1.54) is 12.8 Å². The maximum Gasteiger partial charge on any atom is 1.00 e. The van der Waals surface area contributed by atoms with E-state index in [9.17, 15) is 0 Å². The maximum absolute atomic E-state index is 1.58. The van der Waals surface area contributed by atoms with Gasteiger partial charge in [-0.3, -0.25) is 0 Å². The molecule has 0 saturated carbocycles. The van der Waals surface area contributed by atoms with E-state index in [-0.39, 0.29) is 20.3 Å². The molecular formula is C8H16BLi. The molecule has 2 saturated heterocycles. The minimum absolute atomic E-state index is 0. The number of rotatable bonds is 0. The molecule has 2 heteroatoms. The fourth-order valence-electron chi connectivity index (χ4n) is 2.62. The molecule has 2 rings (SSSR count). The topological polar surface area (TPSA) is 0 Å². The Morgan fingerprint density at radius 1 is 1.10 bits per heavy atom. The minimum atomic E-state index is 0. The van der Waals surface area contributed by atoms with Crippen LogP contribution in [0.2, 0.25) is 19.0 Å². The fraction of sp³-hybridized carbons (Fsp3) is 1.00. The Labute approximate surface area is 77.9 Å². The van der Waals surface area contributed by atoms with E-state index < -0.39 is 0 Å². The van der Waals surface area contributed by atoms with Crippen molar-refractivity contribution in [3.63, 3.8) is 0 Å². The Morgan fingerprint density at radius 3 is 2.10 bits per heavy atom. The zero-order valence-electron chi connectivity index (χ0n) is 8.10. The van der Waals surface area contributed by atoms with Gasteiger partial charge in [-0.25, -0.2) is 0 Å². The van der Waals surface area contributed by atoms with Crippen molar-refractivity contribution in [3.05, 3.63) is 0 Å². The molecule has 2 aliphatic rings. The Hall–Kier alpha value is 0.662. The molecule has 2 fully saturated rings. The van der Waals surface area contributed by atoms with Crippen LogP contribution in [0.5, 0.6) is 0 Å². The van der Waals surface area contributed by atoms with Gasteiger partial charge in [0.2, 0.25) is 0 Å². The molecule has 2 heterocycles. The van der Waals surface area contributed by atoms with Gasteiger partial charge in [-0.1, -0.05) is 44.6 Å². The average molecular weight is 130 g/mol. The van der Waals surface area contributed by atoms with E-state index in [1.807, 2.05) is 0 Å². The largest absolute Gasteiger partial charge is 1.00 e. The first-order valence-corrected chi connectivity index (χ1v) is 4.45. The van der Waals surface area contributed by atoms with E-state index in [4.69, 9.17) is 0 Å². The average Bonchev–Trinajstić information content (AvgIpc) is 1.88. The van der Waals surface area contributed by atoms with Gasteiger partial charge in [-0.05, 0) is 5.92 Å². The van der Waals surface area contributed by atoms with Crippen molar-refractivity contribution in [1.29, 1.82) is 0 Å². The second kappa shape index (κ2) is 3.88. The molecule has 0 aromatic rings. The van der Waals surface area contributed by atoms with Crippen LogP contribution in [0.4, 0.5) is 0 Å². The molecule has 10 heavy (non-hydrogen) atoms. The van der Waals surface area contributed by atoms with Crippen molar-refractivity contribution in [1.82, 2.24) is 0 Å². The molecule has 52 valence electrons. The summed E-state index contributed by atoms with van der Waals surface area (Å²) in [5.74, 6) is 1.15. The Balaban J connectivity index is 0.000000500. The molecule has 0 radical (unpaired) electrons. The van der Waals surface area contributed by atoms with E-state index in [0.717, 1.165) is 12.6 Å². The van der Waals surface area contributed by atoms with Crippen molar-refractivity contribution in [2.24, 2.45) is 5.92 Å². The SMILES string of the molecule is C1CB2CCCC(C1)C2.[H-].[Li+]. The van der Waals surface area contributed by atoms with E-state index >= 15 is 0 Å². The molecule has 0 aromatic carbocycles. The summed E-state index contributed by atoms with van der Waals surface area (Å²) in [5.41, 5.74) is 0. The van der Waals surface area contributed by atoms with Gasteiger partial charge in [0.15, 0.2) is 0 Å². The van der Waals surface area contributed by atoms with Gasteiger partial charge in [0.25, 0.3) is 0 Å². The first kappa shape index (κ1) is 8.76. The van der Waals surface area contributed by atoms with Crippen molar-refractivity contribution in [2.75, 3.05) is 0 Å². The minimum Gasteiger partial charge on any atom is -1.00 e. The number of hydrogen-bond acceptors (Lipinski definition) is 0. The predicted molar refractivity (Wildman–Crippen MR) is 43.2 cm³/mol. The first-order chi connectivity index (χ1) is 4.45. The molecule has 0 spiro atoms. The summed E-state index contributed by atoms with van der Waals surface area (Å²) in [6.45, 7) is 1.15. The summed E-state index contributed by atoms with van der Waals surface area (Å²) in [6.07, 6.45) is 10.9. The van der Waals surface area contributed by atoms with E-state index in [2.05, 4.69) is 0 Å². The van der Waals surface area contributed by atoms with Crippen molar-refractivity contribution in [2.45, 2.75) is 44.6 Å². The molecule has 0 N–H and O–H groups in total. The Kier molecular flexibility index (Phi) is 3.40. The summed E-state index contributed by atoms with van der Waals surface area (Å²) in [7, 11) is 0. The van der Waals surface area contributed by atoms with Crippen LogP contribution in [0.25, 0.3) is 0 Å². The summed E-state index contributed by atoms with van der Waals surface area (Å²) in [4.78, 5) is 0. The van der Waals surface area contributed by atoms with Crippen molar-refractivity contribution < 1.29 is 20.3 Å². The monoisotopic (exact) mass is 130 g/mol. The maximum atomic E-state index is 1.58. The van der Waals surface area contributed by atoms with Crippen LogP contribution < -0.4 is 18.9 Å². The normalized spacial score (nSPS) is 25.8. The Morgan fingerprint density at radius 2 is 1.70 bits per heavy atom. The van der Waals surface area contributed by atoms with Crippen LogP contribution in [0.3, 0.4) is 0 Å². The summed E-state index contributed by atoms with van der Waals surface area (Å²) in [6, 6.07) is 0. The molecule has 0 amide bonds. The van der Waals surface area contributed by atoms with Crippen LogP contribution in [0.1, 0.15) is 27.1 Å². The van der Waals surface area contributed by atoms with Crippen molar-refractivity contribution in [3.8, 4) is 0 Å². The number of hydrogen-bond donors (Lipinski definition) is 0. The zero-order valence-corrected chi connectivity index (χ0v) is 7.10. The summed E-state index contributed by atoms with van der Waals surface area (Å²) < 4.78 is 0. The predicted octanol–water partition coefficient (Wildman–Crippen LogP) is -0.198. The van der Waals surface area contributed by atoms with Gasteiger partial charge in [-0.15, -0.1) is 0 Å². The van der Waals surface area contributed by atoms with E-state index in [1.54, 1.807) is 31.8 Å². The number of fused-ring (bicyclic) bond motifs is 2. The van der Waals surface area contributed by atoms with Gasteiger partial charge in [0, 0.05) is 0 Å². The third-order valence-electron chi connectivity index (χ3n) is 3.12. The van der Waals surface area contributed by atoms with Gasteiger partial charge in [0.05, 0.1) is 0 Å². The van der Waals surface area contributed by atoms with Crippen LogP contribution in [0, 0.1) is 5.92 Å². The molecule has 0 unspecified atom stereocenters. The van der Waals surface area contributed by atoms with Crippen LogP contribution >= 0.6 is 0 Å². The quantitative estimate of drug-likeness (QED) is 0.398. The second-order valence-electron chi connectivity index (χ2n) is 3.83. The van der Waals surface area contributed by atoms with Crippen molar-refractivity contribution >= 4 is 6.71 Å². The van der Waals surface area contributed by atoms with Gasteiger partial charge >= 0.3 is 18.9 Å². The van der Waals surface area contributed by atoms with Gasteiger partial charge in [-0.2, -0.15) is 0 Å². The molecule has 0 atom stereocenters. The molecule has 2 bridgehead atoms.